The molecule has 0 aliphatic carbocycles. The molecule has 14 heavy (non-hydrogen) atoms. The third kappa shape index (κ3) is 3.76. The van der Waals surface area contributed by atoms with Crippen LogP contribution in [0.1, 0.15) is 26.7 Å². The first kappa shape index (κ1) is 12.3. The van der Waals surface area contributed by atoms with Gasteiger partial charge in [0.25, 0.3) is 0 Å². The van der Waals surface area contributed by atoms with Gasteiger partial charge in [-0.1, -0.05) is 6.92 Å². The second-order valence-electron chi connectivity index (χ2n) is 3.44. The van der Waals surface area contributed by atoms with Gasteiger partial charge in [-0.2, -0.15) is 23.5 Å². The van der Waals surface area contributed by atoms with Crippen LogP contribution in [0.5, 0.6) is 0 Å². The number of hydrogen-bond acceptors (Lipinski definition) is 3. The highest BCUT2D eigenvalue weighted by atomic mass is 32.2. The maximum Gasteiger partial charge on any atom is 0.0678 e. The van der Waals surface area contributed by atoms with Gasteiger partial charge in [-0.25, -0.2) is 0 Å². The van der Waals surface area contributed by atoms with E-state index in [9.17, 15) is 5.11 Å². The van der Waals surface area contributed by atoms with Crippen molar-refractivity contribution in [2.75, 3.05) is 11.5 Å². The first-order chi connectivity index (χ1) is 6.75. The van der Waals surface area contributed by atoms with E-state index in [2.05, 4.69) is 18.8 Å². The average molecular weight is 230 g/mol. The molecular weight excluding hydrogens is 212 g/mol. The van der Waals surface area contributed by atoms with Crippen molar-refractivity contribution in [2.45, 2.75) is 43.3 Å². The maximum absolute atomic E-state index is 9.97. The predicted octanol–water partition coefficient (Wildman–Crippen LogP) is 2.39. The zero-order valence-electron chi connectivity index (χ0n) is 8.82. The van der Waals surface area contributed by atoms with Gasteiger partial charge in [0.2, 0.25) is 0 Å². The molecule has 1 N–H and O–H groups in total. The molecule has 1 rings (SSSR count). The molecule has 1 aliphatic rings. The van der Waals surface area contributed by atoms with Crippen molar-refractivity contribution in [1.82, 2.24) is 0 Å². The zero-order chi connectivity index (χ0) is 10.4. The van der Waals surface area contributed by atoms with Crippen molar-refractivity contribution in [3.05, 3.63) is 0 Å². The number of hydrogen-bond donors (Lipinski definition) is 1. The molecule has 1 saturated heterocycles. The largest absolute Gasteiger partial charge is 0.392 e. The van der Waals surface area contributed by atoms with Crippen LogP contribution >= 0.6 is 23.5 Å². The average Bonchev–Trinajstić information content (AvgIpc) is 2.18. The third-order valence-electron chi connectivity index (χ3n) is 2.36. The highest BCUT2D eigenvalue weighted by molar-refractivity contribution is 8.07. The molecule has 3 unspecified atom stereocenters. The summed E-state index contributed by atoms with van der Waals surface area (Å²) in [6.45, 7) is 4.07. The Labute approximate surface area is 95.4 Å². The molecule has 1 heterocycles. The van der Waals surface area contributed by atoms with Gasteiger partial charge in [-0.15, -0.1) is 11.8 Å². The Hall–Kier alpha value is 0.220. The topological polar surface area (TPSA) is 20.2 Å². The van der Waals surface area contributed by atoms with E-state index in [0.717, 1.165) is 12.8 Å². The summed E-state index contributed by atoms with van der Waals surface area (Å²) in [5.41, 5.74) is 0. The lowest BCUT2D eigenvalue weighted by molar-refractivity contribution is 0.163. The minimum atomic E-state index is -0.177. The molecule has 0 aromatic carbocycles. The summed E-state index contributed by atoms with van der Waals surface area (Å²) in [4.78, 5) is 0. The lowest BCUT2D eigenvalue weighted by atomic mass is 10.1. The predicted molar refractivity (Wildman–Crippen MR) is 66.9 cm³/mol. The van der Waals surface area contributed by atoms with E-state index >= 15 is 0 Å². The molecule has 0 aromatic heterocycles. The molecule has 0 radical (unpaired) electrons. The number of aliphatic hydroxyl groups is 1. The van der Waals surface area contributed by atoms with Crippen molar-refractivity contribution in [2.24, 2.45) is 0 Å². The van der Waals surface area contributed by atoms with Gasteiger partial charge >= 0.3 is 0 Å². The van der Waals surface area contributed by atoms with Crippen molar-refractivity contribution in [3.63, 3.8) is 0 Å². The van der Waals surface area contributed by atoms with E-state index in [4.69, 9.17) is 0 Å². The molecule has 1 nitrogen and oxygen atoms in total. The van der Waals surface area contributed by atoms with Gasteiger partial charge in [0.15, 0.2) is 0 Å². The standard InChI is InChI=1S/C11H18OS2/c1-3-4-5-6-10(12)11-9(2)13-7-8-14-11/h9-12H,5-8H2,1-2H3. The van der Waals surface area contributed by atoms with Gasteiger partial charge in [-0.3, -0.25) is 0 Å². The minimum Gasteiger partial charge on any atom is -0.392 e. The van der Waals surface area contributed by atoms with Gasteiger partial charge in [0.1, 0.15) is 0 Å². The van der Waals surface area contributed by atoms with Gasteiger partial charge in [0, 0.05) is 28.4 Å². The van der Waals surface area contributed by atoms with Crippen LogP contribution in [-0.4, -0.2) is 33.2 Å². The Morgan fingerprint density at radius 3 is 2.79 bits per heavy atom. The van der Waals surface area contributed by atoms with E-state index in [1.807, 2.05) is 30.4 Å². The molecule has 0 amide bonds. The van der Waals surface area contributed by atoms with Crippen LogP contribution in [0.3, 0.4) is 0 Å². The molecule has 3 heteroatoms. The highest BCUT2D eigenvalue weighted by Gasteiger charge is 2.28. The molecular formula is C11H18OS2. The summed E-state index contributed by atoms with van der Waals surface area (Å²) in [6, 6.07) is 0. The third-order valence-corrected chi connectivity index (χ3v) is 5.59. The van der Waals surface area contributed by atoms with E-state index in [-0.39, 0.29) is 6.10 Å². The monoisotopic (exact) mass is 230 g/mol. The Balaban J connectivity index is 2.32. The molecule has 0 saturated carbocycles. The Morgan fingerprint density at radius 1 is 1.43 bits per heavy atom. The van der Waals surface area contributed by atoms with Crippen molar-refractivity contribution in [3.8, 4) is 11.8 Å². The zero-order valence-corrected chi connectivity index (χ0v) is 10.5. The second kappa shape index (κ2) is 6.66. The van der Waals surface area contributed by atoms with E-state index in [0.29, 0.717) is 10.5 Å². The van der Waals surface area contributed by atoms with Crippen LogP contribution in [0.25, 0.3) is 0 Å². The molecule has 3 atom stereocenters. The van der Waals surface area contributed by atoms with Crippen LogP contribution in [0.2, 0.25) is 0 Å². The van der Waals surface area contributed by atoms with Gasteiger partial charge < -0.3 is 5.11 Å². The Kier molecular flexibility index (Phi) is 5.84. The van der Waals surface area contributed by atoms with Crippen molar-refractivity contribution in [1.29, 1.82) is 0 Å². The quantitative estimate of drug-likeness (QED) is 0.752. The van der Waals surface area contributed by atoms with E-state index in [1.165, 1.54) is 11.5 Å². The highest BCUT2D eigenvalue weighted by Crippen LogP contribution is 2.34. The Morgan fingerprint density at radius 2 is 2.14 bits per heavy atom. The van der Waals surface area contributed by atoms with Crippen LogP contribution in [0.15, 0.2) is 0 Å². The fourth-order valence-electron chi connectivity index (χ4n) is 1.58. The van der Waals surface area contributed by atoms with Gasteiger partial charge in [0.05, 0.1) is 6.10 Å². The normalized spacial score (nSPS) is 29.1. The number of rotatable bonds is 3. The summed E-state index contributed by atoms with van der Waals surface area (Å²) in [6.07, 6.45) is 1.47. The maximum atomic E-state index is 9.97. The van der Waals surface area contributed by atoms with E-state index < -0.39 is 0 Å². The number of aliphatic hydroxyl groups excluding tert-OH is 1. The van der Waals surface area contributed by atoms with Crippen LogP contribution in [-0.2, 0) is 0 Å². The first-order valence-corrected chi connectivity index (χ1v) is 7.16. The minimum absolute atomic E-state index is 0.177. The van der Waals surface area contributed by atoms with Crippen LogP contribution < -0.4 is 0 Å². The van der Waals surface area contributed by atoms with Gasteiger partial charge in [-0.05, 0) is 13.3 Å². The fraction of sp³-hybridized carbons (Fsp3) is 0.818. The Bertz CT molecular complexity index is 219. The molecule has 0 bridgehead atoms. The molecule has 80 valence electrons. The van der Waals surface area contributed by atoms with Crippen LogP contribution in [0, 0.1) is 11.8 Å². The number of thioether (sulfide) groups is 2. The van der Waals surface area contributed by atoms with Crippen molar-refractivity contribution < 1.29 is 5.11 Å². The lowest BCUT2D eigenvalue weighted by Crippen LogP contribution is -2.34. The van der Waals surface area contributed by atoms with Crippen LogP contribution in [0.4, 0.5) is 0 Å². The second-order valence-corrected chi connectivity index (χ2v) is 6.22. The summed E-state index contributed by atoms with van der Waals surface area (Å²) in [7, 11) is 0. The fourth-order valence-corrected chi connectivity index (χ4v) is 4.47. The summed E-state index contributed by atoms with van der Waals surface area (Å²) >= 11 is 3.90. The molecule has 0 aromatic rings. The summed E-state index contributed by atoms with van der Waals surface area (Å²) < 4.78 is 0. The summed E-state index contributed by atoms with van der Waals surface area (Å²) in [5.74, 6) is 8.27. The smallest absolute Gasteiger partial charge is 0.0678 e. The van der Waals surface area contributed by atoms with E-state index in [1.54, 1.807) is 0 Å². The van der Waals surface area contributed by atoms with Crippen molar-refractivity contribution >= 4 is 23.5 Å². The lowest BCUT2D eigenvalue weighted by Gasteiger charge is -2.31. The molecule has 1 fully saturated rings. The SMILES string of the molecule is CC#CCCC(O)C1SCCSC1C. The molecule has 0 spiro atoms. The first-order valence-electron chi connectivity index (χ1n) is 5.06. The molecule has 1 aliphatic heterocycles. The summed E-state index contributed by atoms with van der Waals surface area (Å²) in [5, 5.41) is 11.0.